The van der Waals surface area contributed by atoms with E-state index in [4.69, 9.17) is 5.26 Å². The van der Waals surface area contributed by atoms with Crippen LogP contribution in [0.4, 0.5) is 17.6 Å². The molecular weight excluding hydrogens is 242 g/mol. The molecule has 0 aromatic rings. The second-order valence-corrected chi connectivity index (χ2v) is 4.00. The molecule has 1 unspecified atom stereocenters. The third-order valence-electron chi connectivity index (χ3n) is 2.84. The molecule has 0 radical (unpaired) electrons. The van der Waals surface area contributed by atoms with Crippen LogP contribution in [0.25, 0.3) is 0 Å². The predicted octanol–water partition coefficient (Wildman–Crippen LogP) is 2.29. The standard InChI is InChI=1S/C10H9F4NO2/c1-8(11)5-9(8,10(12,13)14)3-6(4-15)7(16)17-2/h3H,5H2,1-2H3/b6-3-/t8-,9?/m0/s1. The number of esters is 1. The van der Waals surface area contributed by atoms with E-state index in [1.54, 1.807) is 0 Å². The van der Waals surface area contributed by atoms with E-state index in [9.17, 15) is 22.4 Å². The van der Waals surface area contributed by atoms with Crippen LogP contribution < -0.4 is 0 Å². The number of carbonyl (C=O) groups is 1. The van der Waals surface area contributed by atoms with Gasteiger partial charge in [-0.25, -0.2) is 9.18 Å². The van der Waals surface area contributed by atoms with E-state index in [0.29, 0.717) is 6.08 Å². The van der Waals surface area contributed by atoms with Crippen molar-refractivity contribution in [2.24, 2.45) is 5.41 Å². The number of allylic oxidation sites excluding steroid dienone is 1. The van der Waals surface area contributed by atoms with Crippen molar-refractivity contribution in [2.45, 2.75) is 25.2 Å². The smallest absolute Gasteiger partial charge is 0.401 e. The molecule has 0 aliphatic heterocycles. The Bertz CT molecular complexity index is 419. The highest BCUT2D eigenvalue weighted by Crippen LogP contribution is 2.68. The van der Waals surface area contributed by atoms with Crippen molar-refractivity contribution in [2.75, 3.05) is 7.11 Å². The molecule has 0 saturated heterocycles. The topological polar surface area (TPSA) is 50.1 Å². The van der Waals surface area contributed by atoms with Crippen molar-refractivity contribution >= 4 is 5.97 Å². The molecule has 0 aromatic carbocycles. The van der Waals surface area contributed by atoms with Crippen LogP contribution in [0.2, 0.25) is 0 Å². The van der Waals surface area contributed by atoms with Gasteiger partial charge in [-0.3, -0.25) is 0 Å². The lowest BCUT2D eigenvalue weighted by Gasteiger charge is -2.18. The van der Waals surface area contributed by atoms with Gasteiger partial charge in [-0.1, -0.05) is 0 Å². The Balaban J connectivity index is 3.19. The second-order valence-electron chi connectivity index (χ2n) is 4.00. The van der Waals surface area contributed by atoms with E-state index in [-0.39, 0.29) is 0 Å². The van der Waals surface area contributed by atoms with Gasteiger partial charge in [-0.15, -0.1) is 0 Å². The largest absolute Gasteiger partial charge is 0.465 e. The van der Waals surface area contributed by atoms with Crippen LogP contribution >= 0.6 is 0 Å². The second kappa shape index (κ2) is 3.72. The van der Waals surface area contributed by atoms with Gasteiger partial charge in [-0.05, 0) is 13.0 Å². The van der Waals surface area contributed by atoms with Crippen molar-refractivity contribution in [3.63, 3.8) is 0 Å². The minimum Gasteiger partial charge on any atom is -0.465 e. The number of alkyl halides is 4. The van der Waals surface area contributed by atoms with Gasteiger partial charge >= 0.3 is 12.1 Å². The lowest BCUT2D eigenvalue weighted by Crippen LogP contribution is -2.30. The molecule has 1 aliphatic rings. The average molecular weight is 251 g/mol. The molecule has 0 aromatic heterocycles. The maximum atomic E-state index is 13.5. The quantitative estimate of drug-likeness (QED) is 0.327. The monoisotopic (exact) mass is 251 g/mol. The van der Waals surface area contributed by atoms with Gasteiger partial charge < -0.3 is 4.74 Å². The highest BCUT2D eigenvalue weighted by atomic mass is 19.4. The summed E-state index contributed by atoms with van der Waals surface area (Å²) >= 11 is 0. The highest BCUT2D eigenvalue weighted by Gasteiger charge is 2.78. The van der Waals surface area contributed by atoms with E-state index in [0.717, 1.165) is 14.0 Å². The molecule has 1 saturated carbocycles. The van der Waals surface area contributed by atoms with Crippen LogP contribution in [0.1, 0.15) is 13.3 Å². The number of ether oxygens (including phenoxy) is 1. The van der Waals surface area contributed by atoms with Crippen molar-refractivity contribution in [1.82, 2.24) is 0 Å². The Morgan fingerprint density at radius 3 is 2.24 bits per heavy atom. The fraction of sp³-hybridized carbons (Fsp3) is 0.600. The normalized spacial score (nSPS) is 32.9. The first-order chi connectivity index (χ1) is 7.61. The number of halogens is 4. The Morgan fingerprint density at radius 2 is 2.00 bits per heavy atom. The fourth-order valence-electron chi connectivity index (χ4n) is 1.65. The van der Waals surface area contributed by atoms with Crippen molar-refractivity contribution in [3.05, 3.63) is 11.6 Å². The molecule has 94 valence electrons. The maximum Gasteiger partial charge on any atom is 0.401 e. The van der Waals surface area contributed by atoms with Crippen LogP contribution in [0.3, 0.4) is 0 Å². The van der Waals surface area contributed by atoms with Gasteiger partial charge in [0.1, 0.15) is 22.7 Å². The molecule has 1 aliphatic carbocycles. The zero-order chi connectivity index (χ0) is 13.5. The number of nitriles is 1. The minimum atomic E-state index is -4.85. The third kappa shape index (κ3) is 1.99. The van der Waals surface area contributed by atoms with E-state index in [2.05, 4.69) is 4.74 Å². The van der Waals surface area contributed by atoms with Gasteiger partial charge in [0.15, 0.2) is 0 Å². The molecule has 3 nitrogen and oxygen atoms in total. The summed E-state index contributed by atoms with van der Waals surface area (Å²) in [6.45, 7) is 0.781. The summed E-state index contributed by atoms with van der Waals surface area (Å²) < 4.78 is 55.7. The maximum absolute atomic E-state index is 13.5. The lowest BCUT2D eigenvalue weighted by atomic mass is 9.99. The van der Waals surface area contributed by atoms with Gasteiger partial charge in [-0.2, -0.15) is 18.4 Å². The molecule has 0 spiro atoms. The third-order valence-corrected chi connectivity index (χ3v) is 2.84. The summed E-state index contributed by atoms with van der Waals surface area (Å²) in [6.07, 6.45) is -5.34. The van der Waals surface area contributed by atoms with Gasteiger partial charge in [0.25, 0.3) is 0 Å². The predicted molar refractivity (Wildman–Crippen MR) is 48.3 cm³/mol. The van der Waals surface area contributed by atoms with E-state index >= 15 is 0 Å². The molecule has 0 heterocycles. The van der Waals surface area contributed by atoms with Gasteiger partial charge in [0.05, 0.1) is 7.11 Å². The van der Waals surface area contributed by atoms with Gasteiger partial charge in [0.2, 0.25) is 0 Å². The van der Waals surface area contributed by atoms with E-state index in [1.807, 2.05) is 0 Å². The average Bonchev–Trinajstić information content (AvgIpc) is 2.77. The van der Waals surface area contributed by atoms with Crippen molar-refractivity contribution < 1.29 is 27.1 Å². The molecule has 7 heteroatoms. The Hall–Kier alpha value is -1.58. The van der Waals surface area contributed by atoms with Gasteiger partial charge in [0, 0.05) is 6.42 Å². The SMILES string of the molecule is COC(=O)/C(C#N)=C\C1(C(F)(F)F)C[C@]1(C)F. The molecule has 1 rings (SSSR count). The molecule has 2 atom stereocenters. The molecule has 1 fully saturated rings. The fourth-order valence-corrected chi connectivity index (χ4v) is 1.65. The van der Waals surface area contributed by atoms with E-state index in [1.165, 1.54) is 6.07 Å². The summed E-state index contributed by atoms with van der Waals surface area (Å²) in [5, 5.41) is 8.55. The van der Waals surface area contributed by atoms with Crippen LogP contribution in [0.15, 0.2) is 11.6 Å². The number of hydrogen-bond donors (Lipinski definition) is 0. The first-order valence-electron chi connectivity index (χ1n) is 4.58. The highest BCUT2D eigenvalue weighted by molar-refractivity contribution is 5.93. The molecule has 0 amide bonds. The summed E-state index contributed by atoms with van der Waals surface area (Å²) in [6, 6.07) is 1.28. The Labute approximate surface area is 94.7 Å². The van der Waals surface area contributed by atoms with Crippen LogP contribution in [-0.4, -0.2) is 24.9 Å². The number of methoxy groups -OCH3 is 1. The van der Waals surface area contributed by atoms with Crippen molar-refractivity contribution in [3.8, 4) is 6.07 Å². The summed E-state index contributed by atoms with van der Waals surface area (Å²) in [5.41, 5.74) is -6.10. The molecule has 17 heavy (non-hydrogen) atoms. The molecular formula is C10H9F4NO2. The molecule has 0 N–H and O–H groups in total. The Kier molecular flexibility index (Phi) is 2.95. The summed E-state index contributed by atoms with van der Waals surface area (Å²) in [4.78, 5) is 11.0. The van der Waals surface area contributed by atoms with Crippen LogP contribution in [0.5, 0.6) is 0 Å². The molecule has 0 bridgehead atoms. The first-order valence-corrected chi connectivity index (χ1v) is 4.58. The minimum absolute atomic E-state index is 0.318. The Morgan fingerprint density at radius 1 is 1.53 bits per heavy atom. The number of carbonyl (C=O) groups excluding carboxylic acids is 1. The number of hydrogen-bond acceptors (Lipinski definition) is 3. The van der Waals surface area contributed by atoms with Crippen LogP contribution in [0, 0.1) is 16.7 Å². The summed E-state index contributed by atoms with van der Waals surface area (Å²) in [5.74, 6) is -1.21. The van der Waals surface area contributed by atoms with Crippen LogP contribution in [-0.2, 0) is 9.53 Å². The van der Waals surface area contributed by atoms with E-state index < -0.39 is 35.2 Å². The zero-order valence-electron chi connectivity index (χ0n) is 9.06. The zero-order valence-corrected chi connectivity index (χ0v) is 9.06. The first kappa shape index (κ1) is 13.5. The van der Waals surface area contributed by atoms with Crippen molar-refractivity contribution in [1.29, 1.82) is 5.26 Å². The number of nitrogens with zero attached hydrogens (tertiary/aromatic N) is 1. The number of rotatable bonds is 2. The summed E-state index contributed by atoms with van der Waals surface area (Å²) in [7, 11) is 0.926. The lowest BCUT2D eigenvalue weighted by molar-refractivity contribution is -0.183.